The standard InChI is InChI=1S/C10H7NO2.Na/c12-10(13)8-5-6-11-9-4-2-1-3-7(8)9;/h1-6H,(H,12,13);/q;+1/p-1. The maximum atomic E-state index is 10.7. The third-order valence-corrected chi connectivity index (χ3v) is 1.87. The van der Waals surface area contributed by atoms with E-state index in [1.807, 2.05) is 6.07 Å². The van der Waals surface area contributed by atoms with Crippen LogP contribution in [-0.2, 0) is 0 Å². The first kappa shape index (κ1) is 11.2. The van der Waals surface area contributed by atoms with Crippen molar-refractivity contribution in [2.24, 2.45) is 0 Å². The number of carboxylic acids is 1. The molecule has 0 unspecified atom stereocenters. The average Bonchev–Trinajstić information content (AvgIpc) is 2.17. The Bertz CT molecular complexity index is 465. The zero-order valence-electron chi connectivity index (χ0n) is 7.73. The summed E-state index contributed by atoms with van der Waals surface area (Å²) in [6.07, 6.45) is 1.47. The van der Waals surface area contributed by atoms with Crippen molar-refractivity contribution in [2.45, 2.75) is 0 Å². The topological polar surface area (TPSA) is 53.0 Å². The maximum absolute atomic E-state index is 10.7. The first-order valence-corrected chi connectivity index (χ1v) is 3.84. The van der Waals surface area contributed by atoms with E-state index in [2.05, 4.69) is 4.98 Å². The molecule has 0 fully saturated rings. The quantitative estimate of drug-likeness (QED) is 0.477. The van der Waals surface area contributed by atoms with Crippen LogP contribution < -0.4 is 34.7 Å². The van der Waals surface area contributed by atoms with Gasteiger partial charge in [0.15, 0.2) is 0 Å². The minimum atomic E-state index is -1.17. The minimum absolute atomic E-state index is 0. The number of carbonyl (C=O) groups is 1. The summed E-state index contributed by atoms with van der Waals surface area (Å²) in [4.78, 5) is 14.7. The Kier molecular flexibility index (Phi) is 3.63. The van der Waals surface area contributed by atoms with Crippen molar-refractivity contribution in [3.8, 4) is 0 Å². The van der Waals surface area contributed by atoms with E-state index >= 15 is 0 Å². The van der Waals surface area contributed by atoms with Gasteiger partial charge in [-0.3, -0.25) is 4.98 Å². The predicted molar refractivity (Wildman–Crippen MR) is 46.1 cm³/mol. The zero-order chi connectivity index (χ0) is 9.26. The molecule has 1 aromatic heterocycles. The number of rotatable bonds is 1. The summed E-state index contributed by atoms with van der Waals surface area (Å²) >= 11 is 0. The van der Waals surface area contributed by atoms with Crippen molar-refractivity contribution >= 4 is 16.9 Å². The number of carbonyl (C=O) groups excluding carboxylic acids is 1. The number of aromatic carboxylic acids is 1. The van der Waals surface area contributed by atoms with E-state index in [-0.39, 0.29) is 35.1 Å². The van der Waals surface area contributed by atoms with Gasteiger partial charge in [0, 0.05) is 17.1 Å². The van der Waals surface area contributed by atoms with Gasteiger partial charge in [0.2, 0.25) is 0 Å². The van der Waals surface area contributed by atoms with E-state index in [1.165, 1.54) is 12.3 Å². The Morgan fingerprint density at radius 1 is 1.21 bits per heavy atom. The second-order valence-electron chi connectivity index (χ2n) is 2.66. The summed E-state index contributed by atoms with van der Waals surface area (Å²) in [5.41, 5.74) is 0.856. The van der Waals surface area contributed by atoms with E-state index in [0.29, 0.717) is 10.9 Å². The number of benzene rings is 1. The van der Waals surface area contributed by atoms with Crippen LogP contribution in [0.5, 0.6) is 0 Å². The van der Waals surface area contributed by atoms with Crippen LogP contribution in [0.25, 0.3) is 10.9 Å². The largest absolute Gasteiger partial charge is 1.00 e. The molecule has 0 bridgehead atoms. The number of pyridine rings is 1. The van der Waals surface area contributed by atoms with Crippen LogP contribution in [0.1, 0.15) is 10.4 Å². The molecule has 0 aliphatic heterocycles. The number of carboxylic acid groups (broad SMARTS) is 1. The molecule has 4 heteroatoms. The minimum Gasteiger partial charge on any atom is -0.545 e. The molecule has 0 amide bonds. The van der Waals surface area contributed by atoms with Crippen molar-refractivity contribution in [1.82, 2.24) is 4.98 Å². The summed E-state index contributed by atoms with van der Waals surface area (Å²) < 4.78 is 0. The second-order valence-corrected chi connectivity index (χ2v) is 2.66. The molecule has 1 heterocycles. The van der Waals surface area contributed by atoms with E-state index in [9.17, 15) is 9.90 Å². The van der Waals surface area contributed by atoms with Gasteiger partial charge >= 0.3 is 29.6 Å². The summed E-state index contributed by atoms with van der Waals surface area (Å²) in [6, 6.07) is 8.51. The van der Waals surface area contributed by atoms with Gasteiger partial charge in [-0.2, -0.15) is 0 Å². The molecule has 64 valence electrons. The fourth-order valence-corrected chi connectivity index (χ4v) is 1.27. The number of nitrogens with zero attached hydrogens (tertiary/aromatic N) is 1. The van der Waals surface area contributed by atoms with Gasteiger partial charge < -0.3 is 9.90 Å². The third kappa shape index (κ3) is 1.95. The van der Waals surface area contributed by atoms with Crippen molar-refractivity contribution in [3.63, 3.8) is 0 Å². The number of hydrogen-bond donors (Lipinski definition) is 0. The van der Waals surface area contributed by atoms with Crippen molar-refractivity contribution in [3.05, 3.63) is 42.1 Å². The molecule has 2 rings (SSSR count). The molecule has 14 heavy (non-hydrogen) atoms. The van der Waals surface area contributed by atoms with E-state index in [1.54, 1.807) is 18.2 Å². The zero-order valence-corrected chi connectivity index (χ0v) is 9.73. The molecular formula is C10H6NNaO2. The first-order chi connectivity index (χ1) is 6.29. The molecule has 2 aromatic rings. The van der Waals surface area contributed by atoms with Crippen LogP contribution in [0, 0.1) is 0 Å². The Morgan fingerprint density at radius 3 is 2.64 bits per heavy atom. The smallest absolute Gasteiger partial charge is 0.545 e. The first-order valence-electron chi connectivity index (χ1n) is 3.84. The molecular weight excluding hydrogens is 189 g/mol. The van der Waals surface area contributed by atoms with E-state index in [4.69, 9.17) is 0 Å². The van der Waals surface area contributed by atoms with Gasteiger partial charge in [-0.15, -0.1) is 0 Å². The maximum Gasteiger partial charge on any atom is 1.00 e. The molecule has 0 atom stereocenters. The number of hydrogen-bond acceptors (Lipinski definition) is 3. The molecule has 0 aliphatic rings. The number of para-hydroxylation sites is 1. The van der Waals surface area contributed by atoms with Crippen molar-refractivity contribution in [2.75, 3.05) is 0 Å². The van der Waals surface area contributed by atoms with E-state index < -0.39 is 5.97 Å². The van der Waals surface area contributed by atoms with Gasteiger partial charge in [-0.25, -0.2) is 0 Å². The van der Waals surface area contributed by atoms with Crippen LogP contribution in [-0.4, -0.2) is 11.0 Å². The van der Waals surface area contributed by atoms with Crippen molar-refractivity contribution < 1.29 is 39.5 Å². The molecule has 0 saturated carbocycles. The molecule has 0 spiro atoms. The van der Waals surface area contributed by atoms with Gasteiger partial charge in [0.1, 0.15) is 0 Å². The Labute approximate surface area is 103 Å². The van der Waals surface area contributed by atoms with Crippen molar-refractivity contribution in [1.29, 1.82) is 0 Å². The molecule has 0 N–H and O–H groups in total. The summed E-state index contributed by atoms with van der Waals surface area (Å²) in [6.45, 7) is 0. The van der Waals surface area contributed by atoms with Crippen LogP contribution in [0.15, 0.2) is 36.5 Å². The predicted octanol–water partition coefficient (Wildman–Crippen LogP) is -2.40. The fourth-order valence-electron chi connectivity index (χ4n) is 1.27. The normalized spacial score (nSPS) is 9.43. The van der Waals surface area contributed by atoms with Crippen LogP contribution >= 0.6 is 0 Å². The van der Waals surface area contributed by atoms with E-state index in [0.717, 1.165) is 0 Å². The molecule has 0 saturated heterocycles. The molecule has 0 aliphatic carbocycles. The van der Waals surface area contributed by atoms with Crippen LogP contribution in [0.3, 0.4) is 0 Å². The third-order valence-electron chi connectivity index (χ3n) is 1.87. The summed E-state index contributed by atoms with van der Waals surface area (Å²) in [5, 5.41) is 11.3. The van der Waals surface area contributed by atoms with Gasteiger partial charge in [-0.05, 0) is 12.1 Å². The van der Waals surface area contributed by atoms with Gasteiger partial charge in [0.25, 0.3) is 0 Å². The Balaban J connectivity index is 0.000000980. The fraction of sp³-hybridized carbons (Fsp3) is 0. The summed E-state index contributed by atoms with van der Waals surface area (Å²) in [5.74, 6) is -1.17. The average molecular weight is 195 g/mol. The number of aromatic nitrogens is 1. The van der Waals surface area contributed by atoms with Gasteiger partial charge in [0.05, 0.1) is 11.5 Å². The SMILES string of the molecule is O=C([O-])c1ccnc2ccccc12.[Na+]. The molecule has 0 radical (unpaired) electrons. The monoisotopic (exact) mass is 195 g/mol. The Morgan fingerprint density at radius 2 is 1.93 bits per heavy atom. The van der Waals surface area contributed by atoms with Crippen LogP contribution in [0.2, 0.25) is 0 Å². The molecule has 1 aromatic carbocycles. The number of fused-ring (bicyclic) bond motifs is 1. The van der Waals surface area contributed by atoms with Crippen LogP contribution in [0.4, 0.5) is 0 Å². The summed E-state index contributed by atoms with van der Waals surface area (Å²) in [7, 11) is 0. The molecule has 3 nitrogen and oxygen atoms in total. The second kappa shape index (κ2) is 4.55. The van der Waals surface area contributed by atoms with Gasteiger partial charge in [-0.1, -0.05) is 18.2 Å². The Hall–Kier alpha value is -0.900.